The fourth-order valence-corrected chi connectivity index (χ4v) is 4.06. The summed E-state index contributed by atoms with van der Waals surface area (Å²) < 4.78 is 5.29. The maximum atomic E-state index is 12.8. The van der Waals surface area contributed by atoms with Crippen LogP contribution in [0, 0.1) is 11.8 Å². The van der Waals surface area contributed by atoms with Crippen LogP contribution in [0.2, 0.25) is 0 Å². The number of hydrogen-bond acceptors (Lipinski definition) is 4. The molecule has 2 aromatic rings. The minimum absolute atomic E-state index is 0.121. The molecule has 1 saturated heterocycles. The Labute approximate surface area is 134 Å². The molecular formula is C18H20N2O3. The third kappa shape index (κ3) is 2.45. The third-order valence-corrected chi connectivity index (χ3v) is 5.31. The Morgan fingerprint density at radius 2 is 2.04 bits per heavy atom. The van der Waals surface area contributed by atoms with Crippen molar-refractivity contribution in [2.45, 2.75) is 25.3 Å². The van der Waals surface area contributed by atoms with Crippen molar-refractivity contribution < 1.29 is 9.21 Å². The van der Waals surface area contributed by atoms with E-state index in [4.69, 9.17) is 10.2 Å². The van der Waals surface area contributed by atoms with Crippen LogP contribution in [0.3, 0.4) is 0 Å². The quantitative estimate of drug-likeness (QED) is 0.817. The molecule has 1 aromatic carbocycles. The molecule has 4 rings (SSSR count). The predicted molar refractivity (Wildman–Crippen MR) is 87.2 cm³/mol. The second-order valence-electron chi connectivity index (χ2n) is 6.71. The first kappa shape index (κ1) is 14.5. The molecule has 1 saturated carbocycles. The number of carbonyl (C=O) groups is 1. The molecule has 2 heterocycles. The lowest BCUT2D eigenvalue weighted by Crippen LogP contribution is -2.38. The lowest BCUT2D eigenvalue weighted by atomic mass is 9.78. The summed E-state index contributed by atoms with van der Waals surface area (Å²) in [4.78, 5) is 26.7. The zero-order valence-electron chi connectivity index (χ0n) is 12.9. The summed E-state index contributed by atoms with van der Waals surface area (Å²) in [5.74, 6) is 0.599. The standard InChI is InChI=1S/C18H20N2O3/c19-15-6-3-5-12-9-20(10-14(12)15)17(21)13-8-11-4-1-2-7-16(11)23-18(13)22/h1-2,4,7-8,12,14-15H,3,5-6,9-10,19H2. The largest absolute Gasteiger partial charge is 0.422 e. The molecule has 2 aliphatic rings. The normalized spacial score (nSPS) is 27.2. The van der Waals surface area contributed by atoms with Crippen LogP contribution in [0.25, 0.3) is 11.0 Å². The summed E-state index contributed by atoms with van der Waals surface area (Å²) in [6, 6.07) is 9.05. The monoisotopic (exact) mass is 312 g/mol. The SMILES string of the molecule is NC1CCCC2CN(C(=O)c3cc4ccccc4oc3=O)CC12. The van der Waals surface area contributed by atoms with Crippen LogP contribution < -0.4 is 11.4 Å². The van der Waals surface area contributed by atoms with E-state index in [9.17, 15) is 9.59 Å². The molecule has 1 amide bonds. The number of rotatable bonds is 1. The van der Waals surface area contributed by atoms with Gasteiger partial charge in [-0.2, -0.15) is 0 Å². The Hall–Kier alpha value is -2.14. The first-order chi connectivity index (χ1) is 11.1. The summed E-state index contributed by atoms with van der Waals surface area (Å²) in [5.41, 5.74) is 6.27. The van der Waals surface area contributed by atoms with E-state index in [0.717, 1.165) is 24.6 Å². The predicted octanol–water partition coefficient (Wildman–Crippen LogP) is 1.99. The highest BCUT2D eigenvalue weighted by molar-refractivity contribution is 5.96. The molecule has 3 atom stereocenters. The summed E-state index contributed by atoms with van der Waals surface area (Å²) in [6.07, 6.45) is 3.28. The fraction of sp³-hybridized carbons (Fsp3) is 0.444. The number of para-hydroxylation sites is 1. The van der Waals surface area contributed by atoms with E-state index in [2.05, 4.69) is 0 Å². The van der Waals surface area contributed by atoms with Crippen LogP contribution in [0.5, 0.6) is 0 Å². The molecule has 0 bridgehead atoms. The van der Waals surface area contributed by atoms with Crippen molar-refractivity contribution in [2.75, 3.05) is 13.1 Å². The number of fused-ring (bicyclic) bond motifs is 2. The summed E-state index contributed by atoms with van der Waals surface area (Å²) in [7, 11) is 0. The van der Waals surface area contributed by atoms with Gasteiger partial charge in [0.1, 0.15) is 11.1 Å². The molecule has 0 radical (unpaired) electrons. The molecule has 1 aliphatic carbocycles. The van der Waals surface area contributed by atoms with Crippen molar-refractivity contribution >= 4 is 16.9 Å². The third-order valence-electron chi connectivity index (χ3n) is 5.31. The Kier molecular flexibility index (Phi) is 3.45. The van der Waals surface area contributed by atoms with Crippen LogP contribution in [0.1, 0.15) is 29.6 Å². The molecule has 3 unspecified atom stereocenters. The Balaban J connectivity index is 1.65. The number of hydrogen-bond donors (Lipinski definition) is 1. The summed E-state index contributed by atoms with van der Waals surface area (Å²) in [6.45, 7) is 1.35. The van der Waals surface area contributed by atoms with Crippen LogP contribution >= 0.6 is 0 Å². The number of carbonyl (C=O) groups excluding carboxylic acids is 1. The van der Waals surface area contributed by atoms with Crippen LogP contribution in [0.4, 0.5) is 0 Å². The first-order valence-corrected chi connectivity index (χ1v) is 8.21. The van der Waals surface area contributed by atoms with Crippen LogP contribution in [-0.4, -0.2) is 29.9 Å². The van der Waals surface area contributed by atoms with Crippen molar-refractivity contribution in [1.82, 2.24) is 4.90 Å². The first-order valence-electron chi connectivity index (χ1n) is 8.21. The highest BCUT2D eigenvalue weighted by Gasteiger charge is 2.41. The summed E-state index contributed by atoms with van der Waals surface area (Å²) >= 11 is 0. The van der Waals surface area contributed by atoms with Gasteiger partial charge >= 0.3 is 5.63 Å². The number of likely N-dealkylation sites (tertiary alicyclic amines) is 1. The molecule has 1 aliphatic heterocycles. The van der Waals surface area contributed by atoms with E-state index in [1.54, 1.807) is 23.1 Å². The van der Waals surface area contributed by atoms with Crippen molar-refractivity contribution in [3.8, 4) is 0 Å². The van der Waals surface area contributed by atoms with E-state index in [1.165, 1.54) is 0 Å². The van der Waals surface area contributed by atoms with Crippen molar-refractivity contribution in [1.29, 1.82) is 0 Å². The Bertz CT molecular complexity index is 813. The molecule has 1 aromatic heterocycles. The topological polar surface area (TPSA) is 76.5 Å². The molecule has 5 heteroatoms. The van der Waals surface area contributed by atoms with Gasteiger partial charge < -0.3 is 15.1 Å². The smallest absolute Gasteiger partial charge is 0.349 e. The molecule has 5 nitrogen and oxygen atoms in total. The van der Waals surface area contributed by atoms with Gasteiger partial charge in [0.15, 0.2) is 0 Å². The van der Waals surface area contributed by atoms with Crippen LogP contribution in [-0.2, 0) is 0 Å². The van der Waals surface area contributed by atoms with Gasteiger partial charge in [-0.25, -0.2) is 4.79 Å². The van der Waals surface area contributed by atoms with Crippen molar-refractivity contribution in [2.24, 2.45) is 17.6 Å². The average molecular weight is 312 g/mol. The van der Waals surface area contributed by atoms with E-state index < -0.39 is 5.63 Å². The molecule has 23 heavy (non-hydrogen) atoms. The maximum absolute atomic E-state index is 12.8. The summed E-state index contributed by atoms with van der Waals surface area (Å²) in [5, 5.41) is 0.767. The zero-order valence-corrected chi connectivity index (χ0v) is 12.9. The minimum Gasteiger partial charge on any atom is -0.422 e. The van der Waals surface area contributed by atoms with E-state index in [1.807, 2.05) is 12.1 Å². The van der Waals surface area contributed by atoms with Crippen molar-refractivity contribution in [3.05, 3.63) is 46.3 Å². The zero-order chi connectivity index (χ0) is 16.0. The molecular weight excluding hydrogens is 292 g/mol. The highest BCUT2D eigenvalue weighted by atomic mass is 16.4. The van der Waals surface area contributed by atoms with Gasteiger partial charge in [0.25, 0.3) is 5.91 Å². The van der Waals surface area contributed by atoms with Gasteiger partial charge in [0, 0.05) is 24.5 Å². The lowest BCUT2D eigenvalue weighted by molar-refractivity contribution is 0.0779. The Morgan fingerprint density at radius 1 is 1.22 bits per heavy atom. The lowest BCUT2D eigenvalue weighted by Gasteiger charge is -2.29. The van der Waals surface area contributed by atoms with Crippen LogP contribution in [0.15, 0.2) is 39.5 Å². The number of nitrogens with zero attached hydrogens (tertiary/aromatic N) is 1. The molecule has 2 fully saturated rings. The fourth-order valence-electron chi connectivity index (χ4n) is 4.06. The van der Waals surface area contributed by atoms with Gasteiger partial charge in [-0.05, 0) is 36.8 Å². The van der Waals surface area contributed by atoms with Gasteiger partial charge in [-0.3, -0.25) is 4.79 Å². The molecule has 2 N–H and O–H groups in total. The van der Waals surface area contributed by atoms with Gasteiger partial charge in [0.05, 0.1) is 0 Å². The van der Waals surface area contributed by atoms with Crippen molar-refractivity contribution in [3.63, 3.8) is 0 Å². The molecule has 0 spiro atoms. The number of amides is 1. The minimum atomic E-state index is -0.562. The average Bonchev–Trinajstić information content (AvgIpc) is 2.99. The van der Waals surface area contributed by atoms with E-state index in [0.29, 0.717) is 30.5 Å². The van der Waals surface area contributed by atoms with Gasteiger partial charge in [-0.15, -0.1) is 0 Å². The number of nitrogens with two attached hydrogens (primary N) is 1. The second-order valence-corrected chi connectivity index (χ2v) is 6.71. The highest BCUT2D eigenvalue weighted by Crippen LogP contribution is 2.36. The second kappa shape index (κ2) is 5.49. The Morgan fingerprint density at radius 3 is 2.87 bits per heavy atom. The number of benzene rings is 1. The van der Waals surface area contributed by atoms with E-state index in [-0.39, 0.29) is 17.5 Å². The van der Waals surface area contributed by atoms with E-state index >= 15 is 0 Å². The molecule has 120 valence electrons. The van der Waals surface area contributed by atoms with Gasteiger partial charge in [0.2, 0.25) is 0 Å². The van der Waals surface area contributed by atoms with Gasteiger partial charge in [-0.1, -0.05) is 24.6 Å². The maximum Gasteiger partial charge on any atom is 0.349 e.